The topological polar surface area (TPSA) is 68.9 Å². The molecule has 4 nitrogen and oxygen atoms in total. The number of carbonyl (C=O) groups is 1. The molecular formula is C11H8FN3O. The molecule has 0 aliphatic heterocycles. The Hall–Kier alpha value is -2.30. The molecule has 0 saturated carbocycles. The summed E-state index contributed by atoms with van der Waals surface area (Å²) in [5, 5.41) is 0. The number of ketones is 1. The van der Waals surface area contributed by atoms with Gasteiger partial charge in [0, 0.05) is 12.4 Å². The third kappa shape index (κ3) is 1.75. The molecule has 0 atom stereocenters. The van der Waals surface area contributed by atoms with Crippen molar-refractivity contribution in [2.24, 2.45) is 0 Å². The molecule has 2 aromatic rings. The minimum atomic E-state index is -0.683. The molecule has 5 heteroatoms. The van der Waals surface area contributed by atoms with Gasteiger partial charge >= 0.3 is 0 Å². The van der Waals surface area contributed by atoms with Crippen molar-refractivity contribution in [1.82, 2.24) is 9.97 Å². The molecule has 0 spiro atoms. The molecule has 0 fully saturated rings. The van der Waals surface area contributed by atoms with Crippen LogP contribution in [0.3, 0.4) is 0 Å². The number of anilines is 1. The van der Waals surface area contributed by atoms with E-state index in [0.29, 0.717) is 0 Å². The van der Waals surface area contributed by atoms with Gasteiger partial charge in [0.2, 0.25) is 5.78 Å². The van der Waals surface area contributed by atoms with E-state index < -0.39 is 11.6 Å². The van der Waals surface area contributed by atoms with Crippen LogP contribution in [0.4, 0.5) is 10.1 Å². The summed E-state index contributed by atoms with van der Waals surface area (Å²) in [6.07, 6.45) is 3.75. The van der Waals surface area contributed by atoms with Crippen molar-refractivity contribution < 1.29 is 9.18 Å². The van der Waals surface area contributed by atoms with E-state index >= 15 is 0 Å². The number of nitrogens with zero attached hydrogens (tertiary/aromatic N) is 2. The number of aromatic nitrogens is 2. The maximum Gasteiger partial charge on any atom is 0.216 e. The van der Waals surface area contributed by atoms with Crippen LogP contribution >= 0.6 is 0 Å². The van der Waals surface area contributed by atoms with Crippen molar-refractivity contribution in [3.8, 4) is 0 Å². The first-order valence-corrected chi connectivity index (χ1v) is 4.55. The molecule has 0 radical (unpaired) electrons. The van der Waals surface area contributed by atoms with Gasteiger partial charge in [-0.2, -0.15) is 0 Å². The Kier molecular flexibility index (Phi) is 2.59. The largest absolute Gasteiger partial charge is 0.397 e. The van der Waals surface area contributed by atoms with Gasteiger partial charge in [-0.15, -0.1) is 0 Å². The van der Waals surface area contributed by atoms with Gasteiger partial charge in [0.15, 0.2) is 5.82 Å². The first kappa shape index (κ1) is 10.2. The quantitative estimate of drug-likeness (QED) is 0.772. The highest BCUT2D eigenvalue weighted by Crippen LogP contribution is 2.15. The number of nitrogen functional groups attached to an aromatic ring is 1. The van der Waals surface area contributed by atoms with Gasteiger partial charge in [0.05, 0.1) is 17.4 Å². The Labute approximate surface area is 91.0 Å². The maximum atomic E-state index is 13.3. The van der Waals surface area contributed by atoms with E-state index in [1.54, 1.807) is 12.1 Å². The second kappa shape index (κ2) is 4.06. The van der Waals surface area contributed by atoms with Gasteiger partial charge in [-0.1, -0.05) is 0 Å². The molecule has 2 N–H and O–H groups in total. The zero-order valence-corrected chi connectivity index (χ0v) is 8.22. The normalized spacial score (nSPS) is 10.1. The van der Waals surface area contributed by atoms with Gasteiger partial charge in [-0.05, 0) is 18.2 Å². The van der Waals surface area contributed by atoms with Gasteiger partial charge in [0.1, 0.15) is 5.69 Å². The Morgan fingerprint density at radius 2 is 2.12 bits per heavy atom. The molecule has 0 aromatic carbocycles. The lowest BCUT2D eigenvalue weighted by molar-refractivity contribution is 0.103. The average molecular weight is 217 g/mol. The van der Waals surface area contributed by atoms with E-state index in [-0.39, 0.29) is 16.9 Å². The van der Waals surface area contributed by atoms with Crippen molar-refractivity contribution in [2.45, 2.75) is 0 Å². The predicted octanol–water partition coefficient (Wildman–Crippen LogP) is 1.43. The summed E-state index contributed by atoms with van der Waals surface area (Å²) in [7, 11) is 0. The first-order valence-electron chi connectivity index (χ1n) is 4.55. The summed E-state index contributed by atoms with van der Waals surface area (Å²) < 4.78 is 13.3. The number of pyridine rings is 2. The highest BCUT2D eigenvalue weighted by molar-refractivity contribution is 6.10. The second-order valence-corrected chi connectivity index (χ2v) is 3.13. The number of carbonyl (C=O) groups excluding carboxylic acids is 1. The fraction of sp³-hybridized carbons (Fsp3) is 0. The lowest BCUT2D eigenvalue weighted by Gasteiger charge is -2.03. The van der Waals surface area contributed by atoms with Crippen molar-refractivity contribution in [3.05, 3.63) is 53.9 Å². The van der Waals surface area contributed by atoms with Crippen LogP contribution in [-0.4, -0.2) is 15.8 Å². The first-order chi connectivity index (χ1) is 7.70. The second-order valence-electron chi connectivity index (χ2n) is 3.13. The molecule has 2 aromatic heterocycles. The minimum absolute atomic E-state index is 0.0487. The van der Waals surface area contributed by atoms with Crippen LogP contribution in [-0.2, 0) is 0 Å². The molecular weight excluding hydrogens is 209 g/mol. The van der Waals surface area contributed by atoms with E-state index in [1.807, 2.05) is 0 Å². The maximum absolute atomic E-state index is 13.3. The van der Waals surface area contributed by atoms with E-state index in [1.165, 1.54) is 18.5 Å². The predicted molar refractivity (Wildman–Crippen MR) is 56.3 cm³/mol. The molecule has 0 bridgehead atoms. The van der Waals surface area contributed by atoms with E-state index in [2.05, 4.69) is 9.97 Å². The van der Waals surface area contributed by atoms with Gasteiger partial charge < -0.3 is 5.73 Å². The summed E-state index contributed by atoms with van der Waals surface area (Å²) in [6.45, 7) is 0. The Morgan fingerprint density at radius 1 is 1.31 bits per heavy atom. The SMILES string of the molecule is Nc1cccnc1C(=O)c1ccncc1F. The molecule has 2 heterocycles. The smallest absolute Gasteiger partial charge is 0.216 e. The Morgan fingerprint density at radius 3 is 2.81 bits per heavy atom. The van der Waals surface area contributed by atoms with Crippen LogP contribution in [0.1, 0.15) is 16.1 Å². The van der Waals surface area contributed by atoms with Crippen LogP contribution < -0.4 is 5.73 Å². The number of nitrogens with two attached hydrogens (primary N) is 1. The van der Waals surface area contributed by atoms with Gasteiger partial charge in [-0.3, -0.25) is 14.8 Å². The summed E-state index contributed by atoms with van der Waals surface area (Å²) >= 11 is 0. The van der Waals surface area contributed by atoms with Crippen molar-refractivity contribution >= 4 is 11.5 Å². The zero-order chi connectivity index (χ0) is 11.5. The Balaban J connectivity index is 2.48. The lowest BCUT2D eigenvalue weighted by Crippen LogP contribution is -2.09. The fourth-order valence-electron chi connectivity index (χ4n) is 1.29. The summed E-state index contributed by atoms with van der Waals surface area (Å²) in [5.74, 6) is -1.23. The molecule has 0 unspecified atom stereocenters. The van der Waals surface area contributed by atoms with E-state index in [4.69, 9.17) is 5.73 Å². The molecule has 0 aliphatic carbocycles. The van der Waals surface area contributed by atoms with Crippen molar-refractivity contribution in [3.63, 3.8) is 0 Å². The molecule has 80 valence electrons. The minimum Gasteiger partial charge on any atom is -0.397 e. The summed E-state index contributed by atoms with van der Waals surface area (Å²) in [6, 6.07) is 4.44. The summed E-state index contributed by atoms with van der Waals surface area (Å²) in [5.41, 5.74) is 5.78. The van der Waals surface area contributed by atoms with Gasteiger partial charge in [-0.25, -0.2) is 4.39 Å². The Bertz CT molecular complexity index is 495. The third-order valence-corrected chi connectivity index (χ3v) is 2.07. The highest BCUT2D eigenvalue weighted by Gasteiger charge is 2.16. The van der Waals surface area contributed by atoms with Crippen LogP contribution in [0, 0.1) is 5.82 Å². The number of hydrogen-bond acceptors (Lipinski definition) is 4. The summed E-state index contributed by atoms with van der Waals surface area (Å²) in [4.78, 5) is 19.3. The van der Waals surface area contributed by atoms with E-state index in [0.717, 1.165) is 6.20 Å². The highest BCUT2D eigenvalue weighted by atomic mass is 19.1. The zero-order valence-electron chi connectivity index (χ0n) is 8.22. The standard InChI is InChI=1S/C11H8FN3O/c12-8-6-14-5-3-7(8)11(16)10-9(13)2-1-4-15-10/h1-6H,13H2. The fourth-order valence-corrected chi connectivity index (χ4v) is 1.29. The molecule has 0 amide bonds. The molecule has 0 saturated heterocycles. The number of hydrogen-bond donors (Lipinski definition) is 1. The lowest BCUT2D eigenvalue weighted by atomic mass is 10.1. The number of rotatable bonds is 2. The third-order valence-electron chi connectivity index (χ3n) is 2.07. The van der Waals surface area contributed by atoms with Crippen LogP contribution in [0.15, 0.2) is 36.8 Å². The molecule has 2 rings (SSSR count). The van der Waals surface area contributed by atoms with Crippen molar-refractivity contribution in [2.75, 3.05) is 5.73 Å². The molecule has 16 heavy (non-hydrogen) atoms. The van der Waals surface area contributed by atoms with Crippen LogP contribution in [0.2, 0.25) is 0 Å². The van der Waals surface area contributed by atoms with Gasteiger partial charge in [0.25, 0.3) is 0 Å². The van der Waals surface area contributed by atoms with Crippen LogP contribution in [0.5, 0.6) is 0 Å². The van der Waals surface area contributed by atoms with E-state index in [9.17, 15) is 9.18 Å². The van der Waals surface area contributed by atoms with Crippen molar-refractivity contribution in [1.29, 1.82) is 0 Å². The number of halogens is 1. The molecule has 0 aliphatic rings. The monoisotopic (exact) mass is 217 g/mol. The van der Waals surface area contributed by atoms with Crippen LogP contribution in [0.25, 0.3) is 0 Å². The average Bonchev–Trinajstić information content (AvgIpc) is 2.29.